The third kappa shape index (κ3) is 4.49. The highest BCUT2D eigenvalue weighted by molar-refractivity contribution is 7.98. The molecule has 3 nitrogen and oxygen atoms in total. The number of hydrogen-bond donors (Lipinski definition) is 1. The Morgan fingerprint density at radius 3 is 2.79 bits per heavy atom. The summed E-state index contributed by atoms with van der Waals surface area (Å²) < 4.78 is 5.76. The van der Waals surface area contributed by atoms with Crippen molar-refractivity contribution < 1.29 is 4.74 Å². The fourth-order valence-corrected chi connectivity index (χ4v) is 2.72. The lowest BCUT2D eigenvalue weighted by molar-refractivity contribution is -0.0190. The molecule has 1 aliphatic heterocycles. The fourth-order valence-electron chi connectivity index (χ4n) is 2.31. The first kappa shape index (κ1) is 14.9. The summed E-state index contributed by atoms with van der Waals surface area (Å²) in [6.45, 7) is 6.03. The SMILES string of the molecule is CSc1ccc(C(C)NCC2CN(C)CCO2)cc1. The van der Waals surface area contributed by atoms with E-state index >= 15 is 0 Å². The van der Waals surface area contributed by atoms with Gasteiger partial charge in [-0.2, -0.15) is 0 Å². The van der Waals surface area contributed by atoms with Crippen molar-refractivity contribution in [2.45, 2.75) is 24.0 Å². The third-order valence-electron chi connectivity index (χ3n) is 3.61. The zero-order chi connectivity index (χ0) is 13.7. The van der Waals surface area contributed by atoms with Crippen LogP contribution in [0.25, 0.3) is 0 Å². The van der Waals surface area contributed by atoms with Gasteiger partial charge < -0.3 is 15.0 Å². The molecule has 1 N–H and O–H groups in total. The van der Waals surface area contributed by atoms with E-state index in [-0.39, 0.29) is 0 Å². The zero-order valence-electron chi connectivity index (χ0n) is 12.1. The minimum atomic E-state index is 0.312. The van der Waals surface area contributed by atoms with Crippen molar-refractivity contribution >= 4 is 11.8 Å². The lowest BCUT2D eigenvalue weighted by atomic mass is 10.1. The van der Waals surface area contributed by atoms with E-state index in [2.05, 4.69) is 54.7 Å². The molecule has 0 aliphatic carbocycles. The minimum absolute atomic E-state index is 0.312. The Bertz CT molecular complexity index is 382. The molecule has 4 heteroatoms. The second-order valence-corrected chi connectivity index (χ2v) is 6.04. The summed E-state index contributed by atoms with van der Waals surface area (Å²) in [6.07, 6.45) is 2.42. The Balaban J connectivity index is 1.81. The molecule has 2 atom stereocenters. The molecule has 1 aromatic rings. The van der Waals surface area contributed by atoms with Crippen LogP contribution in [-0.4, -0.2) is 50.5 Å². The molecule has 0 saturated carbocycles. The number of morpholine rings is 1. The van der Waals surface area contributed by atoms with Crippen LogP contribution in [0.1, 0.15) is 18.5 Å². The van der Waals surface area contributed by atoms with Gasteiger partial charge in [0.25, 0.3) is 0 Å². The standard InChI is InChI=1S/C15H24N2OS/c1-12(13-4-6-15(19-3)7-5-13)16-10-14-11-17(2)8-9-18-14/h4-7,12,14,16H,8-11H2,1-3H3. The van der Waals surface area contributed by atoms with Crippen LogP contribution in [0.5, 0.6) is 0 Å². The molecule has 1 aliphatic rings. The van der Waals surface area contributed by atoms with Gasteiger partial charge in [-0.25, -0.2) is 0 Å². The lowest BCUT2D eigenvalue weighted by Gasteiger charge is -2.31. The summed E-state index contributed by atoms with van der Waals surface area (Å²) >= 11 is 1.78. The number of benzene rings is 1. The first-order valence-electron chi connectivity index (χ1n) is 6.86. The van der Waals surface area contributed by atoms with Crippen LogP contribution in [0, 0.1) is 0 Å². The molecule has 19 heavy (non-hydrogen) atoms. The first-order chi connectivity index (χ1) is 9.19. The Kier molecular flexibility index (Phi) is 5.70. The lowest BCUT2D eigenvalue weighted by Crippen LogP contribution is -2.45. The fraction of sp³-hybridized carbons (Fsp3) is 0.600. The largest absolute Gasteiger partial charge is 0.374 e. The monoisotopic (exact) mass is 280 g/mol. The maximum Gasteiger partial charge on any atom is 0.0826 e. The van der Waals surface area contributed by atoms with E-state index in [1.54, 1.807) is 11.8 Å². The zero-order valence-corrected chi connectivity index (χ0v) is 12.9. The molecular formula is C15H24N2OS. The van der Waals surface area contributed by atoms with E-state index in [4.69, 9.17) is 4.74 Å². The highest BCUT2D eigenvalue weighted by Gasteiger charge is 2.18. The smallest absolute Gasteiger partial charge is 0.0826 e. The first-order valence-corrected chi connectivity index (χ1v) is 8.09. The summed E-state index contributed by atoms with van der Waals surface area (Å²) in [5.41, 5.74) is 1.34. The van der Waals surface area contributed by atoms with Crippen LogP contribution < -0.4 is 5.32 Å². The van der Waals surface area contributed by atoms with Gasteiger partial charge in [0.2, 0.25) is 0 Å². The molecule has 106 valence electrons. The summed E-state index contributed by atoms with van der Waals surface area (Å²) in [5, 5.41) is 3.57. The predicted octanol–water partition coefficient (Wildman–Crippen LogP) is 2.39. The molecule has 2 rings (SSSR count). The number of rotatable bonds is 5. The Hall–Kier alpha value is -0.550. The second kappa shape index (κ2) is 7.29. The van der Waals surface area contributed by atoms with Gasteiger partial charge in [0.15, 0.2) is 0 Å². The highest BCUT2D eigenvalue weighted by atomic mass is 32.2. The maximum atomic E-state index is 5.76. The summed E-state index contributed by atoms with van der Waals surface area (Å²) in [6, 6.07) is 9.15. The third-order valence-corrected chi connectivity index (χ3v) is 4.35. The van der Waals surface area contributed by atoms with Crippen molar-refractivity contribution in [3.8, 4) is 0 Å². The van der Waals surface area contributed by atoms with Gasteiger partial charge in [-0.15, -0.1) is 11.8 Å². The van der Waals surface area contributed by atoms with Crippen molar-refractivity contribution in [3.63, 3.8) is 0 Å². The van der Waals surface area contributed by atoms with E-state index in [0.717, 1.165) is 26.2 Å². The number of hydrogen-bond acceptors (Lipinski definition) is 4. The van der Waals surface area contributed by atoms with Crippen LogP contribution >= 0.6 is 11.8 Å². The van der Waals surface area contributed by atoms with Gasteiger partial charge in [0.1, 0.15) is 0 Å². The Morgan fingerprint density at radius 2 is 2.16 bits per heavy atom. The number of thioether (sulfide) groups is 1. The van der Waals surface area contributed by atoms with E-state index < -0.39 is 0 Å². The number of ether oxygens (including phenoxy) is 1. The number of nitrogens with one attached hydrogen (secondary N) is 1. The average Bonchev–Trinajstić information content (AvgIpc) is 2.45. The summed E-state index contributed by atoms with van der Waals surface area (Å²) in [4.78, 5) is 3.64. The van der Waals surface area contributed by atoms with Gasteiger partial charge in [-0.1, -0.05) is 12.1 Å². The van der Waals surface area contributed by atoms with E-state index in [0.29, 0.717) is 12.1 Å². The van der Waals surface area contributed by atoms with Crippen LogP contribution in [0.15, 0.2) is 29.2 Å². The molecule has 1 heterocycles. The Morgan fingerprint density at radius 1 is 1.42 bits per heavy atom. The van der Waals surface area contributed by atoms with Crippen molar-refractivity contribution in [2.75, 3.05) is 39.5 Å². The van der Waals surface area contributed by atoms with Crippen molar-refractivity contribution in [3.05, 3.63) is 29.8 Å². The summed E-state index contributed by atoms with van der Waals surface area (Å²) in [7, 11) is 2.15. The molecule has 0 amide bonds. The number of likely N-dealkylation sites (N-methyl/N-ethyl adjacent to an activating group) is 1. The van der Waals surface area contributed by atoms with E-state index in [1.807, 2.05) is 0 Å². The van der Waals surface area contributed by atoms with E-state index in [9.17, 15) is 0 Å². The van der Waals surface area contributed by atoms with Gasteiger partial charge >= 0.3 is 0 Å². The number of nitrogens with zero attached hydrogens (tertiary/aromatic N) is 1. The highest BCUT2D eigenvalue weighted by Crippen LogP contribution is 2.19. The van der Waals surface area contributed by atoms with Gasteiger partial charge in [0, 0.05) is 30.6 Å². The molecule has 2 unspecified atom stereocenters. The predicted molar refractivity (Wildman–Crippen MR) is 81.9 cm³/mol. The molecule has 0 bridgehead atoms. The van der Waals surface area contributed by atoms with Gasteiger partial charge in [0.05, 0.1) is 12.7 Å². The summed E-state index contributed by atoms with van der Waals surface area (Å²) in [5.74, 6) is 0. The molecule has 0 radical (unpaired) electrons. The molecule has 1 aromatic carbocycles. The van der Waals surface area contributed by atoms with Crippen molar-refractivity contribution in [1.82, 2.24) is 10.2 Å². The van der Waals surface area contributed by atoms with Crippen LogP contribution in [0.2, 0.25) is 0 Å². The molecule has 0 spiro atoms. The topological polar surface area (TPSA) is 24.5 Å². The Labute approximate surface area is 120 Å². The van der Waals surface area contributed by atoms with Gasteiger partial charge in [-0.3, -0.25) is 0 Å². The van der Waals surface area contributed by atoms with Crippen molar-refractivity contribution in [2.24, 2.45) is 0 Å². The minimum Gasteiger partial charge on any atom is -0.374 e. The normalized spacial score (nSPS) is 22.4. The molecular weight excluding hydrogens is 256 g/mol. The molecule has 1 fully saturated rings. The average molecular weight is 280 g/mol. The quantitative estimate of drug-likeness (QED) is 0.837. The van der Waals surface area contributed by atoms with Crippen molar-refractivity contribution in [1.29, 1.82) is 0 Å². The molecule has 0 aromatic heterocycles. The van der Waals surface area contributed by atoms with Crippen LogP contribution in [0.4, 0.5) is 0 Å². The van der Waals surface area contributed by atoms with E-state index in [1.165, 1.54) is 10.5 Å². The van der Waals surface area contributed by atoms with Crippen LogP contribution in [-0.2, 0) is 4.74 Å². The second-order valence-electron chi connectivity index (χ2n) is 5.16. The van der Waals surface area contributed by atoms with Crippen LogP contribution in [0.3, 0.4) is 0 Å². The molecule has 1 saturated heterocycles. The van der Waals surface area contributed by atoms with Gasteiger partial charge in [-0.05, 0) is 37.9 Å². The maximum absolute atomic E-state index is 5.76.